The summed E-state index contributed by atoms with van der Waals surface area (Å²) in [6, 6.07) is 6.71. The Hall–Kier alpha value is -0.820. The summed E-state index contributed by atoms with van der Waals surface area (Å²) in [5.74, 6) is 0.549. The summed E-state index contributed by atoms with van der Waals surface area (Å²) >= 11 is 0. The SMILES string of the molecule is CCC(C)C(C)(N)Cc1cc(C)cc(C)c1. The van der Waals surface area contributed by atoms with Crippen molar-refractivity contribution in [1.29, 1.82) is 0 Å². The largest absolute Gasteiger partial charge is 0.325 e. The fourth-order valence-corrected chi connectivity index (χ4v) is 2.25. The zero-order valence-electron chi connectivity index (χ0n) is 11.3. The predicted molar refractivity (Wildman–Crippen MR) is 71.7 cm³/mol. The summed E-state index contributed by atoms with van der Waals surface area (Å²) in [5, 5.41) is 0. The van der Waals surface area contributed by atoms with E-state index < -0.39 is 0 Å². The van der Waals surface area contributed by atoms with Gasteiger partial charge in [-0.15, -0.1) is 0 Å². The van der Waals surface area contributed by atoms with E-state index in [9.17, 15) is 0 Å². The van der Waals surface area contributed by atoms with Gasteiger partial charge in [0.25, 0.3) is 0 Å². The standard InChI is InChI=1S/C15H25N/c1-6-13(4)15(5,16)10-14-8-11(2)7-12(3)9-14/h7-9,13H,6,10,16H2,1-5H3. The maximum absolute atomic E-state index is 6.40. The summed E-state index contributed by atoms with van der Waals surface area (Å²) in [6.07, 6.45) is 2.10. The molecule has 0 amide bonds. The maximum Gasteiger partial charge on any atom is 0.0192 e. The Morgan fingerprint density at radius 1 is 1.19 bits per heavy atom. The lowest BCUT2D eigenvalue weighted by molar-refractivity contribution is 0.306. The van der Waals surface area contributed by atoms with Crippen molar-refractivity contribution in [2.45, 2.75) is 53.0 Å². The maximum atomic E-state index is 6.40. The van der Waals surface area contributed by atoms with Gasteiger partial charge in [-0.05, 0) is 38.7 Å². The second kappa shape index (κ2) is 5.01. The average molecular weight is 219 g/mol. The lowest BCUT2D eigenvalue weighted by Gasteiger charge is -2.31. The number of nitrogens with two attached hydrogens (primary N) is 1. The van der Waals surface area contributed by atoms with Crippen LogP contribution in [0, 0.1) is 19.8 Å². The van der Waals surface area contributed by atoms with Crippen LogP contribution in [0.25, 0.3) is 0 Å². The Labute approximate surface area is 100 Å². The molecule has 1 aromatic rings. The first kappa shape index (κ1) is 13.2. The van der Waals surface area contributed by atoms with Gasteiger partial charge in [-0.1, -0.05) is 49.6 Å². The number of benzene rings is 1. The van der Waals surface area contributed by atoms with E-state index in [1.165, 1.54) is 16.7 Å². The molecule has 1 rings (SSSR count). The van der Waals surface area contributed by atoms with Gasteiger partial charge in [0.2, 0.25) is 0 Å². The van der Waals surface area contributed by atoms with Gasteiger partial charge in [-0.25, -0.2) is 0 Å². The molecule has 1 aromatic carbocycles. The van der Waals surface area contributed by atoms with Gasteiger partial charge < -0.3 is 5.73 Å². The van der Waals surface area contributed by atoms with Crippen molar-refractivity contribution in [2.75, 3.05) is 0 Å². The third kappa shape index (κ3) is 3.34. The van der Waals surface area contributed by atoms with Crippen molar-refractivity contribution in [3.05, 3.63) is 34.9 Å². The van der Waals surface area contributed by atoms with Crippen molar-refractivity contribution in [3.8, 4) is 0 Å². The molecule has 0 bridgehead atoms. The smallest absolute Gasteiger partial charge is 0.0192 e. The first-order chi connectivity index (χ1) is 7.35. The molecule has 2 N–H and O–H groups in total. The van der Waals surface area contributed by atoms with Gasteiger partial charge in [0.05, 0.1) is 0 Å². The van der Waals surface area contributed by atoms with Crippen LogP contribution in [0.3, 0.4) is 0 Å². The van der Waals surface area contributed by atoms with Crippen molar-refractivity contribution in [3.63, 3.8) is 0 Å². The molecule has 90 valence electrons. The molecule has 0 radical (unpaired) electrons. The van der Waals surface area contributed by atoms with Crippen molar-refractivity contribution >= 4 is 0 Å². The molecule has 0 aliphatic rings. The molecule has 0 spiro atoms. The van der Waals surface area contributed by atoms with Crippen LogP contribution < -0.4 is 5.73 Å². The van der Waals surface area contributed by atoms with E-state index in [0.29, 0.717) is 5.92 Å². The summed E-state index contributed by atoms with van der Waals surface area (Å²) < 4.78 is 0. The third-order valence-corrected chi connectivity index (χ3v) is 3.60. The summed E-state index contributed by atoms with van der Waals surface area (Å²) in [5.41, 5.74) is 10.3. The highest BCUT2D eigenvalue weighted by Crippen LogP contribution is 2.23. The minimum Gasteiger partial charge on any atom is -0.325 e. The first-order valence-electron chi connectivity index (χ1n) is 6.21. The van der Waals surface area contributed by atoms with E-state index in [-0.39, 0.29) is 5.54 Å². The Balaban J connectivity index is 2.87. The number of rotatable bonds is 4. The van der Waals surface area contributed by atoms with Gasteiger partial charge in [0, 0.05) is 5.54 Å². The lowest BCUT2D eigenvalue weighted by atomic mass is 9.80. The minimum absolute atomic E-state index is 0.102. The normalized spacial score (nSPS) is 16.9. The molecular formula is C15H25N. The molecule has 1 nitrogen and oxygen atoms in total. The van der Waals surface area contributed by atoms with Crippen LogP contribution in [0.15, 0.2) is 18.2 Å². The molecule has 1 heteroatoms. The van der Waals surface area contributed by atoms with Crippen molar-refractivity contribution in [2.24, 2.45) is 11.7 Å². The van der Waals surface area contributed by atoms with E-state index in [4.69, 9.17) is 5.73 Å². The number of hydrogen-bond acceptors (Lipinski definition) is 1. The summed E-state index contributed by atoms with van der Waals surface area (Å²) in [6.45, 7) is 10.9. The monoisotopic (exact) mass is 219 g/mol. The summed E-state index contributed by atoms with van der Waals surface area (Å²) in [4.78, 5) is 0. The first-order valence-corrected chi connectivity index (χ1v) is 6.21. The minimum atomic E-state index is -0.102. The number of aryl methyl sites for hydroxylation is 2. The Morgan fingerprint density at radius 2 is 1.69 bits per heavy atom. The molecule has 0 aliphatic carbocycles. The van der Waals surface area contributed by atoms with Gasteiger partial charge in [0.15, 0.2) is 0 Å². The molecule has 0 saturated heterocycles. The molecule has 16 heavy (non-hydrogen) atoms. The average Bonchev–Trinajstić information content (AvgIpc) is 2.13. The van der Waals surface area contributed by atoms with Crippen LogP contribution in [0.1, 0.15) is 43.9 Å². The molecule has 2 unspecified atom stereocenters. The Morgan fingerprint density at radius 3 is 2.12 bits per heavy atom. The van der Waals surface area contributed by atoms with Crippen molar-refractivity contribution < 1.29 is 0 Å². The van der Waals surface area contributed by atoms with Gasteiger partial charge in [0.1, 0.15) is 0 Å². The summed E-state index contributed by atoms with van der Waals surface area (Å²) in [7, 11) is 0. The van der Waals surface area contributed by atoms with Crippen LogP contribution in [0.4, 0.5) is 0 Å². The van der Waals surface area contributed by atoms with Crippen LogP contribution in [0.5, 0.6) is 0 Å². The highest BCUT2D eigenvalue weighted by Gasteiger charge is 2.25. The fourth-order valence-electron chi connectivity index (χ4n) is 2.25. The van der Waals surface area contributed by atoms with Crippen LogP contribution in [-0.2, 0) is 6.42 Å². The van der Waals surface area contributed by atoms with Gasteiger partial charge >= 0.3 is 0 Å². The van der Waals surface area contributed by atoms with Crippen LogP contribution in [-0.4, -0.2) is 5.54 Å². The lowest BCUT2D eigenvalue weighted by Crippen LogP contribution is -2.44. The molecule has 0 aromatic heterocycles. The van der Waals surface area contributed by atoms with E-state index >= 15 is 0 Å². The zero-order chi connectivity index (χ0) is 12.3. The fraction of sp³-hybridized carbons (Fsp3) is 0.600. The second-order valence-corrected chi connectivity index (χ2v) is 5.49. The molecular weight excluding hydrogens is 194 g/mol. The Kier molecular flexibility index (Phi) is 4.15. The quantitative estimate of drug-likeness (QED) is 0.822. The van der Waals surface area contributed by atoms with Gasteiger partial charge in [-0.2, -0.15) is 0 Å². The highest BCUT2D eigenvalue weighted by molar-refractivity contribution is 5.29. The predicted octanol–water partition coefficient (Wildman–Crippen LogP) is 3.61. The van der Waals surface area contributed by atoms with E-state index in [1.807, 2.05) is 0 Å². The molecule has 2 atom stereocenters. The second-order valence-electron chi connectivity index (χ2n) is 5.49. The van der Waals surface area contributed by atoms with Gasteiger partial charge in [-0.3, -0.25) is 0 Å². The third-order valence-electron chi connectivity index (χ3n) is 3.60. The van der Waals surface area contributed by atoms with Crippen LogP contribution in [0.2, 0.25) is 0 Å². The van der Waals surface area contributed by atoms with Crippen LogP contribution >= 0.6 is 0 Å². The molecule has 0 aliphatic heterocycles. The molecule has 0 saturated carbocycles. The Bertz CT molecular complexity index is 332. The van der Waals surface area contributed by atoms with E-state index in [2.05, 4.69) is 52.8 Å². The molecule has 0 fully saturated rings. The number of hydrogen-bond donors (Lipinski definition) is 1. The zero-order valence-corrected chi connectivity index (χ0v) is 11.3. The highest BCUT2D eigenvalue weighted by atomic mass is 14.7. The topological polar surface area (TPSA) is 26.0 Å². The van der Waals surface area contributed by atoms with Crippen molar-refractivity contribution in [1.82, 2.24) is 0 Å². The van der Waals surface area contributed by atoms with E-state index in [0.717, 1.165) is 12.8 Å². The van der Waals surface area contributed by atoms with E-state index in [1.54, 1.807) is 0 Å². The molecule has 0 heterocycles.